The molecular weight excluding hydrogens is 400 g/mol. The van der Waals surface area contributed by atoms with E-state index in [0.29, 0.717) is 5.56 Å². The molecule has 3 N–H and O–H groups in total. The predicted molar refractivity (Wildman–Crippen MR) is 96.9 cm³/mol. The lowest BCUT2D eigenvalue weighted by Crippen LogP contribution is -2.31. The summed E-state index contributed by atoms with van der Waals surface area (Å²) in [5.41, 5.74) is -1.45. The third-order valence-electron chi connectivity index (χ3n) is 4.74. The van der Waals surface area contributed by atoms with Crippen LogP contribution in [-0.2, 0) is 10.0 Å². The Morgan fingerprint density at radius 3 is 2.29 bits per heavy atom. The molecule has 0 unspecified atom stereocenters. The van der Waals surface area contributed by atoms with Gasteiger partial charge in [0.05, 0.1) is 10.4 Å². The van der Waals surface area contributed by atoms with Gasteiger partial charge in [-0.2, -0.15) is 0 Å². The van der Waals surface area contributed by atoms with Crippen LogP contribution < -0.4 is 10.0 Å². The fraction of sp³-hybridized carbons (Fsp3) is 0.333. The summed E-state index contributed by atoms with van der Waals surface area (Å²) >= 11 is 0. The lowest BCUT2D eigenvalue weighted by Gasteiger charge is -2.20. The topological polar surface area (TPSA) is 78.4 Å². The van der Waals surface area contributed by atoms with E-state index in [4.69, 9.17) is 5.11 Å². The zero-order valence-corrected chi connectivity index (χ0v) is 15.6. The minimum atomic E-state index is -4.22. The molecule has 0 atom stereocenters. The number of hydrogen-bond acceptors (Lipinski definition) is 4. The van der Waals surface area contributed by atoms with E-state index >= 15 is 0 Å². The molecule has 0 saturated heterocycles. The average molecular weight is 418 g/mol. The monoisotopic (exact) mass is 418 g/mol. The maximum absolute atomic E-state index is 14.4. The van der Waals surface area contributed by atoms with E-state index in [1.54, 1.807) is 6.92 Å². The van der Waals surface area contributed by atoms with Gasteiger partial charge in [0, 0.05) is 12.7 Å². The van der Waals surface area contributed by atoms with Crippen molar-refractivity contribution in [3.63, 3.8) is 0 Å². The summed E-state index contributed by atoms with van der Waals surface area (Å²) in [7, 11) is -4.22. The summed E-state index contributed by atoms with van der Waals surface area (Å²) < 4.78 is 82.5. The Morgan fingerprint density at radius 2 is 1.71 bits per heavy atom. The van der Waals surface area contributed by atoms with Crippen LogP contribution in [-0.4, -0.2) is 24.9 Å². The number of hydrogen-bond donors (Lipinski definition) is 3. The Balaban J connectivity index is 2.05. The van der Waals surface area contributed by atoms with Gasteiger partial charge in [-0.15, -0.1) is 0 Å². The molecule has 0 heterocycles. The van der Waals surface area contributed by atoms with Crippen LogP contribution in [0, 0.1) is 30.2 Å². The van der Waals surface area contributed by atoms with Gasteiger partial charge >= 0.3 is 0 Å². The molecular formula is C18H18F4N2O3S. The molecule has 0 radical (unpaired) electrons. The van der Waals surface area contributed by atoms with E-state index in [1.807, 2.05) is 4.72 Å². The van der Waals surface area contributed by atoms with Gasteiger partial charge in [0.25, 0.3) is 0 Å². The number of aliphatic hydroxyl groups excluding tert-OH is 1. The molecule has 3 rings (SSSR count). The molecule has 0 aromatic heterocycles. The molecule has 1 fully saturated rings. The maximum Gasteiger partial charge on any atom is 0.238 e. The van der Waals surface area contributed by atoms with Gasteiger partial charge in [-0.25, -0.2) is 26.0 Å². The lowest BCUT2D eigenvalue weighted by molar-refractivity contribution is 0.283. The Morgan fingerprint density at radius 1 is 1.04 bits per heavy atom. The molecule has 1 saturated carbocycles. The first-order chi connectivity index (χ1) is 13.1. The number of aliphatic hydroxyl groups is 1. The van der Waals surface area contributed by atoms with Crippen LogP contribution in [0.15, 0.2) is 24.3 Å². The smallest absolute Gasteiger partial charge is 0.238 e. The zero-order valence-electron chi connectivity index (χ0n) is 14.8. The molecule has 2 aromatic rings. The number of halogens is 4. The van der Waals surface area contributed by atoms with Crippen LogP contribution in [0.3, 0.4) is 0 Å². The summed E-state index contributed by atoms with van der Waals surface area (Å²) in [4.78, 5) is 0. The highest BCUT2D eigenvalue weighted by Gasteiger charge is 2.54. The quantitative estimate of drug-likeness (QED) is 0.470. The lowest BCUT2D eigenvalue weighted by atomic mass is 10.2. The number of benzene rings is 2. The Kier molecular flexibility index (Phi) is 5.28. The van der Waals surface area contributed by atoms with E-state index in [1.165, 1.54) is 12.1 Å². The summed E-state index contributed by atoms with van der Waals surface area (Å²) in [6.45, 7) is 1.21. The first kappa shape index (κ1) is 20.4. The second kappa shape index (κ2) is 7.25. The van der Waals surface area contributed by atoms with E-state index in [0.717, 1.165) is 6.07 Å². The number of aryl methyl sites for hydroxylation is 1. The fourth-order valence-corrected chi connectivity index (χ4v) is 4.59. The van der Waals surface area contributed by atoms with E-state index in [2.05, 4.69) is 5.32 Å². The van der Waals surface area contributed by atoms with Gasteiger partial charge < -0.3 is 10.4 Å². The van der Waals surface area contributed by atoms with Gasteiger partial charge in [-0.1, -0.05) is 6.07 Å². The molecule has 1 aliphatic carbocycles. The largest absolute Gasteiger partial charge is 0.396 e. The van der Waals surface area contributed by atoms with Crippen LogP contribution in [0.2, 0.25) is 0 Å². The van der Waals surface area contributed by atoms with Gasteiger partial charge in [-0.3, -0.25) is 4.72 Å². The van der Waals surface area contributed by atoms with Crippen LogP contribution in [0.4, 0.5) is 34.6 Å². The Bertz CT molecular complexity index is 1020. The first-order valence-corrected chi connectivity index (χ1v) is 9.92. The summed E-state index contributed by atoms with van der Waals surface area (Å²) in [5.74, 6) is -5.30. The average Bonchev–Trinajstić information content (AvgIpc) is 3.39. The molecule has 152 valence electrons. The molecule has 28 heavy (non-hydrogen) atoms. The zero-order chi connectivity index (χ0) is 20.7. The normalized spacial score (nSPS) is 15.4. The van der Waals surface area contributed by atoms with Crippen LogP contribution in [0.25, 0.3) is 0 Å². The SMILES string of the molecule is Cc1ccc(Nc2c(F)c(F)cc(F)c2NS(=O)(=O)C2(CCO)CC2)c(F)c1. The second-order valence-electron chi connectivity index (χ2n) is 6.77. The number of nitrogens with one attached hydrogen (secondary N) is 2. The minimum absolute atomic E-state index is 0.0804. The molecule has 10 heteroatoms. The van der Waals surface area contributed by atoms with Crippen molar-refractivity contribution in [1.82, 2.24) is 0 Å². The van der Waals surface area contributed by atoms with Crippen molar-refractivity contribution in [2.75, 3.05) is 16.6 Å². The number of anilines is 3. The molecule has 0 aliphatic heterocycles. The number of sulfonamides is 1. The van der Waals surface area contributed by atoms with Gasteiger partial charge in [0.2, 0.25) is 10.0 Å². The van der Waals surface area contributed by atoms with Crippen molar-refractivity contribution in [3.8, 4) is 0 Å². The minimum Gasteiger partial charge on any atom is -0.396 e. The summed E-state index contributed by atoms with van der Waals surface area (Å²) in [6, 6.07) is 4.05. The second-order valence-corrected chi connectivity index (χ2v) is 8.85. The predicted octanol–water partition coefficient (Wildman–Crippen LogP) is 3.95. The Labute approximate surface area is 159 Å². The van der Waals surface area contributed by atoms with Gasteiger partial charge in [0.1, 0.15) is 17.2 Å². The van der Waals surface area contributed by atoms with Crippen molar-refractivity contribution >= 4 is 27.1 Å². The van der Waals surface area contributed by atoms with Gasteiger partial charge in [-0.05, 0) is 43.9 Å². The number of rotatable bonds is 7. The molecule has 0 amide bonds. The van der Waals surface area contributed by atoms with Crippen LogP contribution >= 0.6 is 0 Å². The highest BCUT2D eigenvalue weighted by Crippen LogP contribution is 2.48. The van der Waals surface area contributed by atoms with E-state index in [-0.39, 0.29) is 31.0 Å². The van der Waals surface area contributed by atoms with E-state index in [9.17, 15) is 26.0 Å². The molecule has 0 bridgehead atoms. The fourth-order valence-electron chi connectivity index (χ4n) is 2.91. The van der Waals surface area contributed by atoms with Crippen LogP contribution in [0.5, 0.6) is 0 Å². The van der Waals surface area contributed by atoms with Crippen molar-refractivity contribution in [3.05, 3.63) is 53.1 Å². The van der Waals surface area contributed by atoms with Crippen molar-refractivity contribution in [2.45, 2.75) is 30.9 Å². The molecule has 5 nitrogen and oxygen atoms in total. The highest BCUT2D eigenvalue weighted by atomic mass is 32.2. The molecule has 2 aromatic carbocycles. The summed E-state index contributed by atoms with van der Waals surface area (Å²) in [5, 5.41) is 11.3. The van der Waals surface area contributed by atoms with Crippen molar-refractivity contribution < 1.29 is 31.1 Å². The van der Waals surface area contributed by atoms with Crippen LogP contribution in [0.1, 0.15) is 24.8 Å². The Hall–Kier alpha value is -2.33. The third kappa shape index (κ3) is 3.66. The molecule has 0 spiro atoms. The van der Waals surface area contributed by atoms with Gasteiger partial charge in [0.15, 0.2) is 17.5 Å². The maximum atomic E-state index is 14.4. The highest BCUT2D eigenvalue weighted by molar-refractivity contribution is 7.94. The van der Waals surface area contributed by atoms with Crippen molar-refractivity contribution in [2.24, 2.45) is 0 Å². The third-order valence-corrected chi connectivity index (χ3v) is 6.96. The van der Waals surface area contributed by atoms with Crippen molar-refractivity contribution in [1.29, 1.82) is 0 Å². The summed E-state index contributed by atoms with van der Waals surface area (Å²) in [6.07, 6.45) is 0.399. The standard InChI is InChI=1S/C18H18F4N2O3S/c1-10-2-3-14(11(19)8-10)23-17-15(22)12(20)9-13(21)16(17)24-28(26,27)18(4-5-18)6-7-25/h2-3,8-9,23-25H,4-7H2,1H3. The van der Waals surface area contributed by atoms with E-state index < -0.39 is 56.0 Å². The molecule has 1 aliphatic rings. The first-order valence-electron chi connectivity index (χ1n) is 8.44.